The number of aryl methyl sites for hydroxylation is 1. The summed E-state index contributed by atoms with van der Waals surface area (Å²) < 4.78 is 10.7. The van der Waals surface area contributed by atoms with Crippen LogP contribution in [-0.2, 0) is 0 Å². The van der Waals surface area contributed by atoms with Crippen molar-refractivity contribution in [3.05, 3.63) is 48.2 Å². The minimum Gasteiger partial charge on any atom is -0.487 e. The second kappa shape index (κ2) is 6.04. The fourth-order valence-electron chi connectivity index (χ4n) is 1.61. The smallest absolute Gasteiger partial charge is 0.287 e. The van der Waals surface area contributed by atoms with Crippen LogP contribution < -0.4 is 10.1 Å². The van der Waals surface area contributed by atoms with Crippen molar-refractivity contribution < 1.29 is 13.9 Å². The summed E-state index contributed by atoms with van der Waals surface area (Å²) in [6.45, 7) is 4.10. The summed E-state index contributed by atoms with van der Waals surface area (Å²) in [6.07, 6.45) is 4.66. The van der Waals surface area contributed by atoms with Gasteiger partial charge in [0.1, 0.15) is 11.9 Å². The Morgan fingerprint density at radius 1 is 1.53 bits per heavy atom. The van der Waals surface area contributed by atoms with Gasteiger partial charge < -0.3 is 14.5 Å². The van der Waals surface area contributed by atoms with Crippen molar-refractivity contribution in [1.29, 1.82) is 0 Å². The van der Waals surface area contributed by atoms with Crippen LogP contribution in [-0.4, -0.2) is 23.5 Å². The molecule has 2 aromatic rings. The molecule has 2 heterocycles. The van der Waals surface area contributed by atoms with Gasteiger partial charge in [-0.05, 0) is 32.0 Å². The summed E-state index contributed by atoms with van der Waals surface area (Å²) in [5, 5.41) is 2.77. The summed E-state index contributed by atoms with van der Waals surface area (Å²) in [7, 11) is 0. The maximum Gasteiger partial charge on any atom is 0.287 e. The molecule has 0 spiro atoms. The van der Waals surface area contributed by atoms with E-state index in [4.69, 9.17) is 9.15 Å². The maximum atomic E-state index is 11.8. The minimum atomic E-state index is -0.232. The topological polar surface area (TPSA) is 64.4 Å². The van der Waals surface area contributed by atoms with E-state index in [0.29, 0.717) is 18.1 Å². The number of nitrogens with one attached hydrogen (secondary N) is 1. The van der Waals surface area contributed by atoms with Crippen LogP contribution in [0, 0.1) is 6.92 Å². The number of ether oxygens (including phenoxy) is 1. The normalized spacial score (nSPS) is 11.9. The van der Waals surface area contributed by atoms with Crippen molar-refractivity contribution in [2.24, 2.45) is 0 Å². The quantitative estimate of drug-likeness (QED) is 0.895. The van der Waals surface area contributed by atoms with Gasteiger partial charge in [-0.25, -0.2) is 0 Å². The van der Waals surface area contributed by atoms with Crippen molar-refractivity contribution in [2.45, 2.75) is 20.0 Å². The largest absolute Gasteiger partial charge is 0.487 e. The molecule has 0 radical (unpaired) electrons. The van der Waals surface area contributed by atoms with E-state index in [1.165, 1.54) is 6.26 Å². The SMILES string of the molecule is Cc1ccoc1C(=O)NCC(C)Oc1cccnc1. The molecule has 1 unspecified atom stereocenters. The van der Waals surface area contributed by atoms with E-state index in [9.17, 15) is 4.79 Å². The molecular formula is C14H16N2O3. The highest BCUT2D eigenvalue weighted by Crippen LogP contribution is 2.10. The number of nitrogens with zero attached hydrogens (tertiary/aromatic N) is 1. The third kappa shape index (κ3) is 3.58. The molecule has 1 N–H and O–H groups in total. The molecule has 0 aromatic carbocycles. The molecule has 1 amide bonds. The average molecular weight is 260 g/mol. The number of pyridine rings is 1. The number of hydrogen-bond acceptors (Lipinski definition) is 4. The Bertz CT molecular complexity index is 537. The Morgan fingerprint density at radius 3 is 3.00 bits per heavy atom. The number of furan rings is 1. The fourth-order valence-corrected chi connectivity index (χ4v) is 1.61. The van der Waals surface area contributed by atoms with Crippen molar-refractivity contribution in [2.75, 3.05) is 6.54 Å². The summed E-state index contributed by atoms with van der Waals surface area (Å²) in [6, 6.07) is 5.37. The second-order valence-corrected chi connectivity index (χ2v) is 4.26. The molecule has 0 aliphatic heterocycles. The van der Waals surface area contributed by atoms with Crippen molar-refractivity contribution >= 4 is 5.91 Å². The Hall–Kier alpha value is -2.30. The third-order valence-electron chi connectivity index (χ3n) is 2.59. The van der Waals surface area contributed by atoms with E-state index >= 15 is 0 Å². The number of carbonyl (C=O) groups is 1. The summed E-state index contributed by atoms with van der Waals surface area (Å²) in [5.74, 6) is 0.788. The van der Waals surface area contributed by atoms with E-state index in [2.05, 4.69) is 10.3 Å². The van der Waals surface area contributed by atoms with Crippen molar-refractivity contribution in [1.82, 2.24) is 10.3 Å². The maximum absolute atomic E-state index is 11.8. The molecular weight excluding hydrogens is 244 g/mol. The Labute approximate surface area is 111 Å². The van der Waals surface area contributed by atoms with Crippen LogP contribution >= 0.6 is 0 Å². The van der Waals surface area contributed by atoms with Gasteiger partial charge in [0.15, 0.2) is 5.76 Å². The summed E-state index contributed by atoms with van der Waals surface area (Å²) in [5.41, 5.74) is 0.818. The zero-order valence-corrected chi connectivity index (χ0v) is 10.9. The van der Waals surface area contributed by atoms with Gasteiger partial charge >= 0.3 is 0 Å². The van der Waals surface area contributed by atoms with Gasteiger partial charge in [0.25, 0.3) is 5.91 Å². The summed E-state index contributed by atoms with van der Waals surface area (Å²) in [4.78, 5) is 15.8. The lowest BCUT2D eigenvalue weighted by Gasteiger charge is -2.14. The van der Waals surface area contributed by atoms with Gasteiger partial charge in [-0.3, -0.25) is 9.78 Å². The number of amides is 1. The van der Waals surface area contributed by atoms with E-state index < -0.39 is 0 Å². The first-order chi connectivity index (χ1) is 9.16. The predicted molar refractivity (Wildman–Crippen MR) is 70.1 cm³/mol. The highest BCUT2D eigenvalue weighted by molar-refractivity contribution is 5.92. The molecule has 0 saturated carbocycles. The Balaban J connectivity index is 1.82. The van der Waals surface area contributed by atoms with E-state index in [1.807, 2.05) is 19.9 Å². The number of rotatable bonds is 5. The van der Waals surface area contributed by atoms with E-state index in [-0.39, 0.29) is 12.0 Å². The lowest BCUT2D eigenvalue weighted by atomic mass is 10.2. The van der Waals surface area contributed by atoms with Gasteiger partial charge in [-0.2, -0.15) is 0 Å². The number of hydrogen-bond donors (Lipinski definition) is 1. The number of aromatic nitrogens is 1. The molecule has 2 rings (SSSR count). The molecule has 0 fully saturated rings. The van der Waals surface area contributed by atoms with Gasteiger partial charge in [0, 0.05) is 11.8 Å². The number of carbonyl (C=O) groups excluding carboxylic acids is 1. The van der Waals surface area contributed by atoms with Gasteiger partial charge in [-0.15, -0.1) is 0 Å². The zero-order valence-electron chi connectivity index (χ0n) is 10.9. The van der Waals surface area contributed by atoms with Crippen LogP contribution in [0.2, 0.25) is 0 Å². The van der Waals surface area contributed by atoms with Crippen molar-refractivity contribution in [3.63, 3.8) is 0 Å². The van der Waals surface area contributed by atoms with Gasteiger partial charge in [0.2, 0.25) is 0 Å². The predicted octanol–water partition coefficient (Wildman–Crippen LogP) is 2.18. The first-order valence-corrected chi connectivity index (χ1v) is 6.06. The van der Waals surface area contributed by atoms with E-state index in [1.54, 1.807) is 24.5 Å². The first-order valence-electron chi connectivity index (χ1n) is 6.06. The molecule has 0 aliphatic carbocycles. The molecule has 2 aromatic heterocycles. The van der Waals surface area contributed by atoms with Gasteiger partial charge in [0.05, 0.1) is 19.0 Å². The minimum absolute atomic E-state index is 0.150. The average Bonchev–Trinajstić information content (AvgIpc) is 2.83. The second-order valence-electron chi connectivity index (χ2n) is 4.26. The molecule has 5 heteroatoms. The van der Waals surface area contributed by atoms with Crippen LogP contribution in [0.4, 0.5) is 0 Å². The van der Waals surface area contributed by atoms with E-state index in [0.717, 1.165) is 5.56 Å². The lowest BCUT2D eigenvalue weighted by Crippen LogP contribution is -2.33. The molecule has 1 atom stereocenters. The van der Waals surface area contributed by atoms with Crippen molar-refractivity contribution in [3.8, 4) is 5.75 Å². The van der Waals surface area contributed by atoms with Crippen LogP contribution in [0.5, 0.6) is 5.75 Å². The monoisotopic (exact) mass is 260 g/mol. The van der Waals surface area contributed by atoms with Crippen LogP contribution in [0.25, 0.3) is 0 Å². The molecule has 0 bridgehead atoms. The Morgan fingerprint density at radius 2 is 2.37 bits per heavy atom. The standard InChI is InChI=1S/C14H16N2O3/c1-10-5-7-18-13(10)14(17)16-8-11(2)19-12-4-3-6-15-9-12/h3-7,9,11H,8H2,1-2H3,(H,16,17). The molecule has 0 aliphatic rings. The molecule has 19 heavy (non-hydrogen) atoms. The first kappa shape index (κ1) is 13.1. The fraction of sp³-hybridized carbons (Fsp3) is 0.286. The highest BCUT2D eigenvalue weighted by Gasteiger charge is 2.13. The van der Waals surface area contributed by atoms with Crippen LogP contribution in [0.1, 0.15) is 23.0 Å². The molecule has 5 nitrogen and oxygen atoms in total. The molecule has 100 valence electrons. The molecule has 0 saturated heterocycles. The van der Waals surface area contributed by atoms with Gasteiger partial charge in [-0.1, -0.05) is 0 Å². The van der Waals surface area contributed by atoms with Crippen LogP contribution in [0.3, 0.4) is 0 Å². The highest BCUT2D eigenvalue weighted by atomic mass is 16.5. The van der Waals surface area contributed by atoms with Crippen LogP contribution in [0.15, 0.2) is 41.3 Å². The summed E-state index contributed by atoms with van der Waals surface area (Å²) >= 11 is 0. The third-order valence-corrected chi connectivity index (χ3v) is 2.59. The lowest BCUT2D eigenvalue weighted by molar-refractivity contribution is 0.0903. The zero-order chi connectivity index (χ0) is 13.7. The Kier molecular flexibility index (Phi) is 4.18.